The van der Waals surface area contributed by atoms with E-state index in [1.165, 1.54) is 11.3 Å². The highest BCUT2D eigenvalue weighted by Crippen LogP contribution is 2.18. The molecule has 0 radical (unpaired) electrons. The Labute approximate surface area is 128 Å². The first-order valence-electron chi connectivity index (χ1n) is 7.85. The van der Waals surface area contributed by atoms with Crippen LogP contribution in [0.4, 0.5) is 5.69 Å². The van der Waals surface area contributed by atoms with Crippen molar-refractivity contribution in [2.45, 2.75) is 40.2 Å². The summed E-state index contributed by atoms with van der Waals surface area (Å²) in [6.07, 6.45) is 0.916. The number of aryl methyl sites for hydroxylation is 1. The molecule has 118 valence electrons. The molecule has 0 aliphatic carbocycles. The number of rotatable bonds is 8. The second-order valence-corrected chi connectivity index (χ2v) is 5.57. The fourth-order valence-electron chi connectivity index (χ4n) is 2.31. The molecule has 21 heavy (non-hydrogen) atoms. The summed E-state index contributed by atoms with van der Waals surface area (Å²) in [4.78, 5) is 14.2. The van der Waals surface area contributed by atoms with Crippen molar-refractivity contribution in [1.82, 2.24) is 5.32 Å². The molecule has 1 aromatic carbocycles. The van der Waals surface area contributed by atoms with E-state index in [0.717, 1.165) is 19.5 Å². The van der Waals surface area contributed by atoms with Gasteiger partial charge in [-0.05, 0) is 31.4 Å². The summed E-state index contributed by atoms with van der Waals surface area (Å²) in [7, 11) is 0. The highest BCUT2D eigenvalue weighted by atomic mass is 16.2. The van der Waals surface area contributed by atoms with Crippen molar-refractivity contribution in [2.24, 2.45) is 11.7 Å². The quantitative estimate of drug-likeness (QED) is 0.773. The minimum absolute atomic E-state index is 0.0508. The summed E-state index contributed by atoms with van der Waals surface area (Å²) in [6, 6.07) is 7.90. The van der Waals surface area contributed by atoms with Gasteiger partial charge in [0.15, 0.2) is 0 Å². The fraction of sp³-hybridized carbons (Fsp3) is 0.588. The van der Waals surface area contributed by atoms with Crippen LogP contribution in [0.25, 0.3) is 0 Å². The number of carbonyl (C=O) groups is 1. The SMILES string of the molecule is CCC(C)C(N)C(=O)NCCN(CC)c1ccccc1C. The van der Waals surface area contributed by atoms with E-state index in [9.17, 15) is 4.79 Å². The Bertz CT molecular complexity index is 447. The number of carbonyl (C=O) groups excluding carboxylic acids is 1. The monoisotopic (exact) mass is 291 g/mol. The van der Waals surface area contributed by atoms with Crippen molar-refractivity contribution in [1.29, 1.82) is 0 Å². The van der Waals surface area contributed by atoms with Crippen molar-refractivity contribution >= 4 is 11.6 Å². The largest absolute Gasteiger partial charge is 0.370 e. The number of nitrogens with two attached hydrogens (primary N) is 1. The van der Waals surface area contributed by atoms with E-state index in [1.807, 2.05) is 19.1 Å². The summed E-state index contributed by atoms with van der Waals surface area (Å²) in [6.45, 7) is 10.6. The number of para-hydroxylation sites is 1. The van der Waals surface area contributed by atoms with E-state index in [2.05, 4.69) is 43.1 Å². The summed E-state index contributed by atoms with van der Waals surface area (Å²) in [5, 5.41) is 2.95. The van der Waals surface area contributed by atoms with Gasteiger partial charge in [0.2, 0.25) is 5.91 Å². The molecule has 4 nitrogen and oxygen atoms in total. The van der Waals surface area contributed by atoms with Gasteiger partial charge in [-0.1, -0.05) is 38.5 Å². The number of anilines is 1. The zero-order chi connectivity index (χ0) is 15.8. The first kappa shape index (κ1) is 17.5. The Hall–Kier alpha value is -1.55. The van der Waals surface area contributed by atoms with Crippen LogP contribution in [0, 0.1) is 12.8 Å². The Kier molecular flexibility index (Phi) is 7.23. The lowest BCUT2D eigenvalue weighted by atomic mass is 9.99. The van der Waals surface area contributed by atoms with Crippen molar-refractivity contribution in [3.8, 4) is 0 Å². The average molecular weight is 291 g/mol. The van der Waals surface area contributed by atoms with Crippen LogP contribution >= 0.6 is 0 Å². The molecule has 3 N–H and O–H groups in total. The third-order valence-corrected chi connectivity index (χ3v) is 4.08. The van der Waals surface area contributed by atoms with Gasteiger partial charge in [-0.2, -0.15) is 0 Å². The number of amides is 1. The van der Waals surface area contributed by atoms with Crippen LogP contribution in [0.15, 0.2) is 24.3 Å². The van der Waals surface area contributed by atoms with Gasteiger partial charge in [0.1, 0.15) is 0 Å². The first-order valence-corrected chi connectivity index (χ1v) is 7.85. The normalized spacial score (nSPS) is 13.6. The van der Waals surface area contributed by atoms with Gasteiger partial charge in [0, 0.05) is 25.3 Å². The van der Waals surface area contributed by atoms with Gasteiger partial charge in [0.05, 0.1) is 6.04 Å². The maximum absolute atomic E-state index is 12.0. The van der Waals surface area contributed by atoms with E-state index in [1.54, 1.807) is 0 Å². The molecule has 2 atom stereocenters. The van der Waals surface area contributed by atoms with Gasteiger partial charge < -0.3 is 16.0 Å². The molecular formula is C17H29N3O. The van der Waals surface area contributed by atoms with E-state index >= 15 is 0 Å². The number of nitrogens with zero attached hydrogens (tertiary/aromatic N) is 1. The Morgan fingerprint density at radius 1 is 1.33 bits per heavy atom. The van der Waals surface area contributed by atoms with Gasteiger partial charge >= 0.3 is 0 Å². The molecule has 1 amide bonds. The second kappa shape index (κ2) is 8.67. The van der Waals surface area contributed by atoms with E-state index in [4.69, 9.17) is 5.73 Å². The molecule has 0 spiro atoms. The summed E-state index contributed by atoms with van der Waals surface area (Å²) >= 11 is 0. The van der Waals surface area contributed by atoms with Crippen LogP contribution in [0.3, 0.4) is 0 Å². The number of hydrogen-bond acceptors (Lipinski definition) is 3. The molecule has 0 aliphatic heterocycles. The Morgan fingerprint density at radius 3 is 2.57 bits per heavy atom. The summed E-state index contributed by atoms with van der Waals surface area (Å²) < 4.78 is 0. The van der Waals surface area contributed by atoms with E-state index < -0.39 is 6.04 Å². The molecule has 2 unspecified atom stereocenters. The lowest BCUT2D eigenvalue weighted by Gasteiger charge is -2.25. The standard InChI is InChI=1S/C17H29N3O/c1-5-13(3)16(18)17(21)19-11-12-20(6-2)15-10-8-7-9-14(15)4/h7-10,13,16H,5-6,11-12,18H2,1-4H3,(H,19,21). The number of hydrogen-bond donors (Lipinski definition) is 2. The molecule has 0 heterocycles. The fourth-order valence-corrected chi connectivity index (χ4v) is 2.31. The average Bonchev–Trinajstić information content (AvgIpc) is 2.50. The second-order valence-electron chi connectivity index (χ2n) is 5.57. The van der Waals surface area contributed by atoms with Crippen molar-refractivity contribution in [2.75, 3.05) is 24.5 Å². The van der Waals surface area contributed by atoms with Crippen LogP contribution < -0.4 is 16.0 Å². The molecule has 4 heteroatoms. The number of nitrogens with one attached hydrogen (secondary N) is 1. The highest BCUT2D eigenvalue weighted by molar-refractivity contribution is 5.81. The van der Waals surface area contributed by atoms with Crippen LogP contribution in [-0.4, -0.2) is 31.6 Å². The third kappa shape index (κ3) is 5.05. The topological polar surface area (TPSA) is 58.4 Å². The zero-order valence-electron chi connectivity index (χ0n) is 13.7. The predicted molar refractivity (Wildman–Crippen MR) is 89.5 cm³/mol. The smallest absolute Gasteiger partial charge is 0.237 e. The summed E-state index contributed by atoms with van der Waals surface area (Å²) in [5.41, 5.74) is 8.40. The van der Waals surface area contributed by atoms with Gasteiger partial charge in [-0.3, -0.25) is 4.79 Å². The lowest BCUT2D eigenvalue weighted by molar-refractivity contribution is -0.123. The molecular weight excluding hydrogens is 262 g/mol. The Balaban J connectivity index is 2.50. The zero-order valence-corrected chi connectivity index (χ0v) is 13.7. The Morgan fingerprint density at radius 2 is 2.00 bits per heavy atom. The number of likely N-dealkylation sites (N-methyl/N-ethyl adjacent to an activating group) is 1. The molecule has 1 aromatic rings. The van der Waals surface area contributed by atoms with Crippen LogP contribution in [-0.2, 0) is 4.79 Å². The predicted octanol–water partition coefficient (Wildman–Crippen LogP) is 2.31. The first-order chi connectivity index (χ1) is 10.0. The van der Waals surface area contributed by atoms with Crippen LogP contribution in [0.2, 0.25) is 0 Å². The summed E-state index contributed by atoms with van der Waals surface area (Å²) in [5.74, 6) is 0.161. The number of benzene rings is 1. The molecule has 0 aliphatic rings. The van der Waals surface area contributed by atoms with Crippen LogP contribution in [0.5, 0.6) is 0 Å². The van der Waals surface area contributed by atoms with Crippen LogP contribution in [0.1, 0.15) is 32.8 Å². The van der Waals surface area contributed by atoms with Crippen molar-refractivity contribution < 1.29 is 4.79 Å². The maximum Gasteiger partial charge on any atom is 0.237 e. The molecule has 0 saturated carbocycles. The van der Waals surface area contributed by atoms with E-state index in [-0.39, 0.29) is 11.8 Å². The minimum atomic E-state index is -0.413. The molecule has 0 aromatic heterocycles. The third-order valence-electron chi connectivity index (χ3n) is 4.08. The lowest BCUT2D eigenvalue weighted by Crippen LogP contribution is -2.46. The van der Waals surface area contributed by atoms with Gasteiger partial charge in [0.25, 0.3) is 0 Å². The van der Waals surface area contributed by atoms with E-state index in [0.29, 0.717) is 6.54 Å². The van der Waals surface area contributed by atoms with Gasteiger partial charge in [-0.25, -0.2) is 0 Å². The van der Waals surface area contributed by atoms with Crippen molar-refractivity contribution in [3.63, 3.8) is 0 Å². The maximum atomic E-state index is 12.0. The molecule has 1 rings (SSSR count). The molecule has 0 bridgehead atoms. The van der Waals surface area contributed by atoms with Crippen molar-refractivity contribution in [3.05, 3.63) is 29.8 Å². The minimum Gasteiger partial charge on any atom is -0.370 e. The highest BCUT2D eigenvalue weighted by Gasteiger charge is 2.19. The molecule has 0 saturated heterocycles. The van der Waals surface area contributed by atoms with Gasteiger partial charge in [-0.15, -0.1) is 0 Å². The molecule has 0 fully saturated rings.